The lowest BCUT2D eigenvalue weighted by molar-refractivity contribution is 0.310. The monoisotopic (exact) mass is 167 g/mol. The molecule has 68 valence electrons. The molecule has 3 heteroatoms. The summed E-state index contributed by atoms with van der Waals surface area (Å²) < 4.78 is 2.15. The van der Waals surface area contributed by atoms with Crippen LogP contribution in [0.3, 0.4) is 0 Å². The SMILES string of the molecule is CCC(C)(CN)n1ccnc1C. The van der Waals surface area contributed by atoms with Crippen molar-refractivity contribution in [2.75, 3.05) is 6.54 Å². The van der Waals surface area contributed by atoms with Gasteiger partial charge in [0.05, 0.1) is 5.54 Å². The first-order chi connectivity index (χ1) is 5.64. The smallest absolute Gasteiger partial charge is 0.106 e. The standard InChI is InChI=1S/C9H17N3/c1-4-9(3,7-10)12-6-5-11-8(12)2/h5-6H,4,7,10H2,1-3H3. The molecule has 12 heavy (non-hydrogen) atoms. The molecule has 1 atom stereocenters. The highest BCUT2D eigenvalue weighted by Gasteiger charge is 2.22. The minimum atomic E-state index is 0.0284. The average Bonchev–Trinajstić information content (AvgIpc) is 2.51. The highest BCUT2D eigenvalue weighted by atomic mass is 15.1. The summed E-state index contributed by atoms with van der Waals surface area (Å²) in [4.78, 5) is 4.19. The Bertz CT molecular complexity index is 248. The van der Waals surface area contributed by atoms with E-state index in [1.165, 1.54) is 0 Å². The third-order valence-electron chi connectivity index (χ3n) is 2.61. The second-order valence-corrected chi connectivity index (χ2v) is 3.40. The average molecular weight is 167 g/mol. The molecule has 0 saturated carbocycles. The van der Waals surface area contributed by atoms with Crippen molar-refractivity contribution in [3.8, 4) is 0 Å². The van der Waals surface area contributed by atoms with Gasteiger partial charge in [0.25, 0.3) is 0 Å². The fourth-order valence-electron chi connectivity index (χ4n) is 1.36. The molecule has 1 unspecified atom stereocenters. The van der Waals surface area contributed by atoms with Crippen LogP contribution in [0.25, 0.3) is 0 Å². The van der Waals surface area contributed by atoms with E-state index in [0.29, 0.717) is 6.54 Å². The quantitative estimate of drug-likeness (QED) is 0.737. The van der Waals surface area contributed by atoms with Crippen LogP contribution >= 0.6 is 0 Å². The van der Waals surface area contributed by atoms with Crippen molar-refractivity contribution >= 4 is 0 Å². The maximum Gasteiger partial charge on any atom is 0.106 e. The predicted molar refractivity (Wildman–Crippen MR) is 50.0 cm³/mol. The molecule has 1 heterocycles. The zero-order valence-corrected chi connectivity index (χ0v) is 8.04. The van der Waals surface area contributed by atoms with E-state index in [9.17, 15) is 0 Å². The van der Waals surface area contributed by atoms with E-state index in [0.717, 1.165) is 12.2 Å². The first kappa shape index (κ1) is 9.26. The number of nitrogens with zero attached hydrogens (tertiary/aromatic N) is 2. The maximum absolute atomic E-state index is 5.73. The molecule has 0 saturated heterocycles. The van der Waals surface area contributed by atoms with Gasteiger partial charge in [0.2, 0.25) is 0 Å². The Morgan fingerprint density at radius 1 is 1.67 bits per heavy atom. The Hall–Kier alpha value is -0.830. The third-order valence-corrected chi connectivity index (χ3v) is 2.61. The number of nitrogens with two attached hydrogens (primary N) is 1. The normalized spacial score (nSPS) is 16.0. The summed E-state index contributed by atoms with van der Waals surface area (Å²) >= 11 is 0. The largest absolute Gasteiger partial charge is 0.328 e. The zero-order valence-electron chi connectivity index (χ0n) is 8.04. The van der Waals surface area contributed by atoms with Crippen LogP contribution in [0.1, 0.15) is 26.1 Å². The Balaban J connectivity index is 3.02. The van der Waals surface area contributed by atoms with Crippen molar-refractivity contribution in [3.05, 3.63) is 18.2 Å². The van der Waals surface area contributed by atoms with E-state index >= 15 is 0 Å². The Morgan fingerprint density at radius 2 is 2.33 bits per heavy atom. The summed E-state index contributed by atoms with van der Waals surface area (Å²) in [5, 5.41) is 0. The van der Waals surface area contributed by atoms with Gasteiger partial charge in [-0.1, -0.05) is 6.92 Å². The Morgan fingerprint density at radius 3 is 2.67 bits per heavy atom. The molecule has 0 radical (unpaired) electrons. The van der Waals surface area contributed by atoms with Crippen molar-refractivity contribution in [1.29, 1.82) is 0 Å². The van der Waals surface area contributed by atoms with Gasteiger partial charge in [0.15, 0.2) is 0 Å². The number of hydrogen-bond acceptors (Lipinski definition) is 2. The summed E-state index contributed by atoms with van der Waals surface area (Å²) in [5.74, 6) is 1.03. The molecule has 0 amide bonds. The Kier molecular flexibility index (Phi) is 2.52. The van der Waals surface area contributed by atoms with E-state index in [2.05, 4.69) is 23.4 Å². The lowest BCUT2D eigenvalue weighted by atomic mass is 9.99. The lowest BCUT2D eigenvalue weighted by Crippen LogP contribution is -2.37. The van der Waals surface area contributed by atoms with E-state index in [1.54, 1.807) is 0 Å². The van der Waals surface area contributed by atoms with Crippen LogP contribution in [-0.4, -0.2) is 16.1 Å². The van der Waals surface area contributed by atoms with E-state index in [4.69, 9.17) is 5.73 Å². The van der Waals surface area contributed by atoms with E-state index in [1.807, 2.05) is 19.3 Å². The molecule has 0 aromatic carbocycles. The topological polar surface area (TPSA) is 43.8 Å². The molecule has 0 aliphatic carbocycles. The molecule has 0 fully saturated rings. The minimum absolute atomic E-state index is 0.0284. The van der Waals surface area contributed by atoms with Crippen LogP contribution < -0.4 is 5.73 Å². The van der Waals surface area contributed by atoms with E-state index in [-0.39, 0.29) is 5.54 Å². The van der Waals surface area contributed by atoms with Crippen LogP contribution in [0, 0.1) is 6.92 Å². The first-order valence-corrected chi connectivity index (χ1v) is 4.34. The fraction of sp³-hybridized carbons (Fsp3) is 0.667. The molecule has 0 spiro atoms. The molecule has 1 aromatic rings. The molecule has 1 aromatic heterocycles. The van der Waals surface area contributed by atoms with Crippen molar-refractivity contribution in [3.63, 3.8) is 0 Å². The van der Waals surface area contributed by atoms with Gasteiger partial charge in [-0.05, 0) is 20.3 Å². The molecule has 0 bridgehead atoms. The lowest BCUT2D eigenvalue weighted by Gasteiger charge is -2.29. The maximum atomic E-state index is 5.73. The van der Waals surface area contributed by atoms with E-state index < -0.39 is 0 Å². The van der Waals surface area contributed by atoms with Gasteiger partial charge >= 0.3 is 0 Å². The summed E-state index contributed by atoms with van der Waals surface area (Å²) in [7, 11) is 0. The number of aromatic nitrogens is 2. The van der Waals surface area contributed by atoms with Gasteiger partial charge in [0, 0.05) is 18.9 Å². The predicted octanol–water partition coefficient (Wildman–Crippen LogP) is 1.28. The second-order valence-electron chi connectivity index (χ2n) is 3.40. The van der Waals surface area contributed by atoms with Gasteiger partial charge in [-0.25, -0.2) is 4.98 Å². The molecular formula is C9H17N3. The Labute approximate surface area is 73.6 Å². The minimum Gasteiger partial charge on any atom is -0.328 e. The van der Waals surface area contributed by atoms with Crippen LogP contribution in [0.15, 0.2) is 12.4 Å². The molecular weight excluding hydrogens is 150 g/mol. The summed E-state index contributed by atoms with van der Waals surface area (Å²) in [6, 6.07) is 0. The van der Waals surface area contributed by atoms with Gasteiger partial charge in [0.1, 0.15) is 5.82 Å². The highest BCUT2D eigenvalue weighted by Crippen LogP contribution is 2.19. The second kappa shape index (κ2) is 3.27. The summed E-state index contributed by atoms with van der Waals surface area (Å²) in [6.07, 6.45) is 4.84. The van der Waals surface area contributed by atoms with Crippen LogP contribution in [0.4, 0.5) is 0 Å². The van der Waals surface area contributed by atoms with Crippen molar-refractivity contribution < 1.29 is 0 Å². The summed E-state index contributed by atoms with van der Waals surface area (Å²) in [6.45, 7) is 6.96. The molecule has 0 aliphatic rings. The number of aryl methyl sites for hydroxylation is 1. The van der Waals surface area contributed by atoms with Crippen LogP contribution in [0.2, 0.25) is 0 Å². The zero-order chi connectivity index (χ0) is 9.19. The number of imidazole rings is 1. The molecule has 1 rings (SSSR count). The van der Waals surface area contributed by atoms with Gasteiger partial charge < -0.3 is 10.3 Å². The number of rotatable bonds is 3. The fourth-order valence-corrected chi connectivity index (χ4v) is 1.36. The van der Waals surface area contributed by atoms with Gasteiger partial charge in [-0.2, -0.15) is 0 Å². The highest BCUT2D eigenvalue weighted by molar-refractivity contribution is 4.97. The third kappa shape index (κ3) is 1.37. The van der Waals surface area contributed by atoms with Crippen molar-refractivity contribution in [2.24, 2.45) is 5.73 Å². The van der Waals surface area contributed by atoms with Gasteiger partial charge in [-0.15, -0.1) is 0 Å². The van der Waals surface area contributed by atoms with Gasteiger partial charge in [-0.3, -0.25) is 0 Å². The first-order valence-electron chi connectivity index (χ1n) is 4.34. The van der Waals surface area contributed by atoms with Crippen LogP contribution in [0.5, 0.6) is 0 Å². The molecule has 3 nitrogen and oxygen atoms in total. The molecule has 2 N–H and O–H groups in total. The number of hydrogen-bond donors (Lipinski definition) is 1. The molecule has 0 aliphatic heterocycles. The van der Waals surface area contributed by atoms with Crippen LogP contribution in [-0.2, 0) is 5.54 Å². The van der Waals surface area contributed by atoms with Crippen molar-refractivity contribution in [2.45, 2.75) is 32.7 Å². The van der Waals surface area contributed by atoms with Crippen molar-refractivity contribution in [1.82, 2.24) is 9.55 Å². The summed E-state index contributed by atoms with van der Waals surface area (Å²) in [5.41, 5.74) is 5.76.